The van der Waals surface area contributed by atoms with Crippen molar-refractivity contribution in [3.8, 4) is 0 Å². The Morgan fingerprint density at radius 2 is 0.606 bits per heavy atom. The zero-order valence-electron chi connectivity index (χ0n) is 18.3. The van der Waals surface area contributed by atoms with E-state index in [2.05, 4.69) is 91.0 Å². The summed E-state index contributed by atoms with van der Waals surface area (Å²) in [6, 6.07) is 51.5. The smallest absolute Gasteiger partial charge is 0.131 e. The molecule has 0 bridgehead atoms. The summed E-state index contributed by atoms with van der Waals surface area (Å²) in [6.07, 6.45) is 0. The molecule has 0 aliphatic heterocycles. The zero-order chi connectivity index (χ0) is 22.7. The van der Waals surface area contributed by atoms with E-state index in [1.165, 1.54) is 15.9 Å². The van der Waals surface area contributed by atoms with Crippen LogP contribution in [0.15, 0.2) is 152 Å². The quantitative estimate of drug-likeness (QED) is 0.308. The number of hydrogen-bond donors (Lipinski definition) is 0. The molecule has 5 aromatic rings. The molecule has 0 aromatic heterocycles. The Kier molecular flexibility index (Phi) is 8.42. The maximum absolute atomic E-state index is 12.0. The highest BCUT2D eigenvalue weighted by Crippen LogP contribution is 2.32. The fourth-order valence-corrected chi connectivity index (χ4v) is 7.15. The molecule has 162 valence electrons. The third-order valence-corrected chi connectivity index (χ3v) is 9.27. The second kappa shape index (κ2) is 12.1. The maximum atomic E-state index is 12.0. The lowest BCUT2D eigenvalue weighted by atomic mass is 10.4. The average Bonchev–Trinajstić information content (AvgIpc) is 2.92. The Labute approximate surface area is 198 Å². The van der Waals surface area contributed by atoms with E-state index < -0.39 is 15.7 Å². The molecule has 0 aliphatic rings. The number of benzene rings is 5. The van der Waals surface area contributed by atoms with Crippen LogP contribution >= 0.6 is 15.7 Å². The van der Waals surface area contributed by atoms with Crippen LogP contribution in [0.3, 0.4) is 0 Å². The first-order valence-corrected chi connectivity index (χ1v) is 13.7. The van der Waals surface area contributed by atoms with Crippen LogP contribution in [0.4, 0.5) is 0 Å². The lowest BCUT2D eigenvalue weighted by Gasteiger charge is -2.18. The fraction of sp³-hybridized carbons (Fsp3) is 0. The van der Waals surface area contributed by atoms with Crippen LogP contribution in [0.2, 0.25) is 0 Å². The van der Waals surface area contributed by atoms with Gasteiger partial charge in [-0.05, 0) is 23.8 Å². The molecule has 5 aromatic carbocycles. The molecule has 0 amide bonds. The summed E-state index contributed by atoms with van der Waals surface area (Å²) in [5.74, 6) is 0. The van der Waals surface area contributed by atoms with E-state index in [4.69, 9.17) is 0 Å². The lowest BCUT2D eigenvalue weighted by Crippen LogP contribution is -2.20. The summed E-state index contributed by atoms with van der Waals surface area (Å²) in [7, 11) is -2.24. The van der Waals surface area contributed by atoms with E-state index in [-0.39, 0.29) is 0 Å². The monoisotopic (exact) mass is 464 g/mol. The average molecular weight is 464 g/mol. The molecular weight excluding hydrogens is 438 g/mol. The maximum Gasteiger partial charge on any atom is 0.131 e. The molecule has 0 saturated carbocycles. The molecule has 0 unspecified atom stereocenters. The summed E-state index contributed by atoms with van der Waals surface area (Å²) in [5.41, 5.74) is 0. The summed E-state index contributed by atoms with van der Waals surface area (Å²) >= 11 is 0. The Hall–Kier alpha value is -3.24. The SMILES string of the molecule is O=[PH](c1ccccc1)c1ccccc1.c1ccc(P(c2ccccc2)c2ccccc2)cc1. The summed E-state index contributed by atoms with van der Waals surface area (Å²) < 4.78 is 12.0. The first kappa shape index (κ1) is 22.9. The van der Waals surface area contributed by atoms with Crippen molar-refractivity contribution in [1.82, 2.24) is 0 Å². The van der Waals surface area contributed by atoms with Gasteiger partial charge in [0.05, 0.1) is 0 Å². The van der Waals surface area contributed by atoms with Crippen molar-refractivity contribution in [1.29, 1.82) is 0 Å². The molecule has 0 N–H and O–H groups in total. The molecule has 0 heterocycles. The lowest BCUT2D eigenvalue weighted by molar-refractivity contribution is 0.598. The molecule has 0 saturated heterocycles. The van der Waals surface area contributed by atoms with E-state index in [9.17, 15) is 4.57 Å². The van der Waals surface area contributed by atoms with Crippen molar-refractivity contribution < 1.29 is 4.57 Å². The van der Waals surface area contributed by atoms with Gasteiger partial charge in [0.25, 0.3) is 0 Å². The minimum absolute atomic E-state index is 0.446. The number of rotatable bonds is 5. The molecule has 0 fully saturated rings. The van der Waals surface area contributed by atoms with Gasteiger partial charge in [-0.15, -0.1) is 0 Å². The minimum atomic E-state index is -1.79. The van der Waals surface area contributed by atoms with E-state index in [1.807, 2.05) is 60.7 Å². The normalized spacial score (nSPS) is 10.5. The second-order valence-electron chi connectivity index (χ2n) is 7.40. The molecule has 3 heteroatoms. The highest BCUT2D eigenvalue weighted by Gasteiger charge is 2.15. The third kappa shape index (κ3) is 6.39. The van der Waals surface area contributed by atoms with Gasteiger partial charge in [0.1, 0.15) is 7.80 Å². The van der Waals surface area contributed by atoms with Crippen LogP contribution in [-0.4, -0.2) is 0 Å². The van der Waals surface area contributed by atoms with E-state index >= 15 is 0 Å². The van der Waals surface area contributed by atoms with Crippen molar-refractivity contribution in [3.63, 3.8) is 0 Å². The highest BCUT2D eigenvalue weighted by molar-refractivity contribution is 7.79. The van der Waals surface area contributed by atoms with E-state index in [0.717, 1.165) is 10.6 Å². The topological polar surface area (TPSA) is 17.1 Å². The highest BCUT2D eigenvalue weighted by atomic mass is 31.1. The molecular formula is C30H26OP2. The van der Waals surface area contributed by atoms with Crippen LogP contribution in [0.5, 0.6) is 0 Å². The molecule has 5 rings (SSSR count). The van der Waals surface area contributed by atoms with Gasteiger partial charge < -0.3 is 4.57 Å². The van der Waals surface area contributed by atoms with Crippen LogP contribution in [-0.2, 0) is 4.57 Å². The Balaban J connectivity index is 0.000000165. The second-order valence-corrected chi connectivity index (χ2v) is 11.4. The van der Waals surface area contributed by atoms with Crippen molar-refractivity contribution in [2.75, 3.05) is 0 Å². The Morgan fingerprint density at radius 3 is 0.879 bits per heavy atom. The minimum Gasteiger partial charge on any atom is -0.317 e. The van der Waals surface area contributed by atoms with Gasteiger partial charge in [-0.3, -0.25) is 0 Å². The van der Waals surface area contributed by atoms with Gasteiger partial charge in [-0.1, -0.05) is 152 Å². The largest absolute Gasteiger partial charge is 0.317 e. The fourth-order valence-electron chi connectivity index (χ4n) is 3.52. The van der Waals surface area contributed by atoms with Crippen LogP contribution in [0.25, 0.3) is 0 Å². The van der Waals surface area contributed by atoms with Gasteiger partial charge in [0.15, 0.2) is 0 Å². The number of hydrogen-bond acceptors (Lipinski definition) is 1. The Bertz CT molecular complexity index is 1110. The van der Waals surface area contributed by atoms with Gasteiger partial charge >= 0.3 is 0 Å². The van der Waals surface area contributed by atoms with Crippen molar-refractivity contribution in [3.05, 3.63) is 152 Å². The summed E-state index contributed by atoms with van der Waals surface area (Å²) in [5, 5.41) is 6.03. The standard InChI is InChI=1S/C18H15P.C12H11OP/c1-4-10-16(11-5-1)19(17-12-6-2-7-13-17)18-14-8-3-9-15-18;13-14(11-7-3-1-4-8-11)12-9-5-2-6-10-12/h1-15H;1-10,14H. The predicted molar refractivity (Wildman–Crippen MR) is 146 cm³/mol. The van der Waals surface area contributed by atoms with Crippen LogP contribution in [0.1, 0.15) is 0 Å². The molecule has 33 heavy (non-hydrogen) atoms. The van der Waals surface area contributed by atoms with Crippen LogP contribution < -0.4 is 26.5 Å². The summed E-state index contributed by atoms with van der Waals surface area (Å²) in [4.78, 5) is 0. The van der Waals surface area contributed by atoms with E-state index in [0.29, 0.717) is 0 Å². The first-order valence-electron chi connectivity index (χ1n) is 10.9. The molecule has 0 aliphatic carbocycles. The van der Waals surface area contributed by atoms with E-state index in [1.54, 1.807) is 0 Å². The van der Waals surface area contributed by atoms with Crippen molar-refractivity contribution >= 4 is 42.2 Å². The predicted octanol–water partition coefficient (Wildman–Crippen LogP) is 5.64. The van der Waals surface area contributed by atoms with Gasteiger partial charge in [0.2, 0.25) is 0 Å². The van der Waals surface area contributed by atoms with Gasteiger partial charge in [-0.2, -0.15) is 0 Å². The Morgan fingerprint density at radius 1 is 0.364 bits per heavy atom. The molecule has 0 spiro atoms. The zero-order valence-corrected chi connectivity index (χ0v) is 20.2. The molecule has 1 nitrogen and oxygen atoms in total. The van der Waals surface area contributed by atoms with Crippen molar-refractivity contribution in [2.45, 2.75) is 0 Å². The summed E-state index contributed by atoms with van der Waals surface area (Å²) in [6.45, 7) is 0. The van der Waals surface area contributed by atoms with Gasteiger partial charge in [0, 0.05) is 10.6 Å². The third-order valence-electron chi connectivity index (χ3n) is 5.12. The van der Waals surface area contributed by atoms with Gasteiger partial charge in [-0.25, -0.2) is 0 Å². The van der Waals surface area contributed by atoms with Crippen LogP contribution in [0, 0.1) is 0 Å². The molecule has 0 radical (unpaired) electrons. The first-order chi connectivity index (χ1) is 16.3. The molecule has 0 atom stereocenters. The van der Waals surface area contributed by atoms with Crippen molar-refractivity contribution in [2.24, 2.45) is 0 Å².